The number of rotatable bonds is 4. The Balaban J connectivity index is 1.70. The van der Waals surface area contributed by atoms with E-state index >= 15 is 0 Å². The summed E-state index contributed by atoms with van der Waals surface area (Å²) in [5.41, 5.74) is 4.49. The molecule has 1 aliphatic heterocycles. The van der Waals surface area contributed by atoms with Crippen molar-refractivity contribution in [3.63, 3.8) is 0 Å². The van der Waals surface area contributed by atoms with Crippen molar-refractivity contribution in [1.82, 2.24) is 5.32 Å². The summed E-state index contributed by atoms with van der Waals surface area (Å²) >= 11 is 0. The molecule has 0 radical (unpaired) electrons. The number of hydrogen-bond acceptors (Lipinski definition) is 3. The van der Waals surface area contributed by atoms with Crippen LogP contribution in [-0.4, -0.2) is 25.5 Å². The van der Waals surface area contributed by atoms with E-state index in [2.05, 4.69) is 40.7 Å². The molecule has 0 atom stereocenters. The van der Waals surface area contributed by atoms with Gasteiger partial charge in [-0.3, -0.25) is 4.79 Å². The molecule has 120 valence electrons. The Morgan fingerprint density at radius 2 is 2.09 bits per heavy atom. The number of hydrogen-bond donors (Lipinski definition) is 2. The van der Waals surface area contributed by atoms with Crippen molar-refractivity contribution in [2.75, 3.05) is 29.9 Å². The number of nitrogens with zero attached hydrogens (tertiary/aromatic N) is 1. The molecule has 1 heterocycles. The maximum Gasteiger partial charge on any atom is 0.243 e. The van der Waals surface area contributed by atoms with Crippen LogP contribution in [-0.2, 0) is 17.8 Å². The Bertz CT molecular complexity index is 684. The van der Waals surface area contributed by atoms with Gasteiger partial charge in [-0.2, -0.15) is 0 Å². The number of benzene rings is 2. The number of anilines is 2. The first-order valence-electron chi connectivity index (χ1n) is 8.18. The zero-order valence-electron chi connectivity index (χ0n) is 13.5. The highest BCUT2D eigenvalue weighted by Crippen LogP contribution is 2.22. The smallest absolute Gasteiger partial charge is 0.243 e. The average molecular weight is 309 g/mol. The highest BCUT2D eigenvalue weighted by Gasteiger charge is 2.17. The second-order valence-corrected chi connectivity index (χ2v) is 5.83. The summed E-state index contributed by atoms with van der Waals surface area (Å²) in [4.78, 5) is 14.6. The van der Waals surface area contributed by atoms with Crippen LogP contribution in [0.5, 0.6) is 0 Å². The van der Waals surface area contributed by atoms with Crippen molar-refractivity contribution >= 4 is 17.3 Å². The minimum absolute atomic E-state index is 0.0231. The van der Waals surface area contributed by atoms with Crippen LogP contribution in [0.15, 0.2) is 48.5 Å². The lowest BCUT2D eigenvalue weighted by Gasteiger charge is -2.24. The van der Waals surface area contributed by atoms with Gasteiger partial charge in [-0.1, -0.05) is 37.3 Å². The van der Waals surface area contributed by atoms with Crippen LogP contribution in [0, 0.1) is 0 Å². The van der Waals surface area contributed by atoms with Gasteiger partial charge in [0.1, 0.15) is 0 Å². The van der Waals surface area contributed by atoms with Gasteiger partial charge in [0.05, 0.1) is 6.54 Å². The third-order valence-electron chi connectivity index (χ3n) is 4.16. The number of amides is 1. The van der Waals surface area contributed by atoms with Crippen molar-refractivity contribution in [3.8, 4) is 0 Å². The molecule has 2 N–H and O–H groups in total. The molecule has 23 heavy (non-hydrogen) atoms. The van der Waals surface area contributed by atoms with Crippen molar-refractivity contribution in [2.45, 2.75) is 19.9 Å². The molecule has 0 spiro atoms. The van der Waals surface area contributed by atoms with Gasteiger partial charge in [-0.05, 0) is 35.7 Å². The first kappa shape index (κ1) is 15.6. The van der Waals surface area contributed by atoms with Crippen molar-refractivity contribution in [3.05, 3.63) is 59.7 Å². The van der Waals surface area contributed by atoms with E-state index in [9.17, 15) is 4.79 Å². The van der Waals surface area contributed by atoms with Crippen LogP contribution in [0.1, 0.15) is 18.1 Å². The van der Waals surface area contributed by atoms with Gasteiger partial charge in [-0.25, -0.2) is 0 Å². The maximum absolute atomic E-state index is 12.4. The fourth-order valence-corrected chi connectivity index (χ4v) is 2.93. The minimum Gasteiger partial charge on any atom is -0.361 e. The first-order valence-corrected chi connectivity index (χ1v) is 8.18. The van der Waals surface area contributed by atoms with Crippen molar-refractivity contribution in [2.24, 2.45) is 0 Å². The molecule has 2 aromatic carbocycles. The first-order chi connectivity index (χ1) is 11.3. The Morgan fingerprint density at radius 3 is 2.96 bits per heavy atom. The third kappa shape index (κ3) is 3.90. The summed E-state index contributed by atoms with van der Waals surface area (Å²) in [6.45, 7) is 5.05. The molecular weight excluding hydrogens is 286 g/mol. The lowest BCUT2D eigenvalue weighted by molar-refractivity contribution is -0.115. The third-order valence-corrected chi connectivity index (χ3v) is 4.16. The maximum atomic E-state index is 12.4. The highest BCUT2D eigenvalue weighted by atomic mass is 16.2. The summed E-state index contributed by atoms with van der Waals surface area (Å²) in [5, 5.41) is 6.41. The molecule has 0 aliphatic carbocycles. The molecule has 4 nitrogen and oxygen atoms in total. The minimum atomic E-state index is 0.0231. The molecule has 3 rings (SSSR count). The fourth-order valence-electron chi connectivity index (χ4n) is 2.93. The molecule has 0 aromatic heterocycles. The summed E-state index contributed by atoms with van der Waals surface area (Å²) in [6, 6.07) is 16.3. The molecule has 0 unspecified atom stereocenters. The topological polar surface area (TPSA) is 44.4 Å². The number of carbonyl (C=O) groups is 1. The molecule has 0 fully saturated rings. The van der Waals surface area contributed by atoms with E-state index < -0.39 is 0 Å². The molecule has 2 aromatic rings. The van der Waals surface area contributed by atoms with Gasteiger partial charge in [0.25, 0.3) is 0 Å². The summed E-state index contributed by atoms with van der Waals surface area (Å²) in [5.74, 6) is 0.0231. The normalized spacial score (nSPS) is 14.0. The summed E-state index contributed by atoms with van der Waals surface area (Å²) in [7, 11) is 0. The molecule has 0 saturated carbocycles. The van der Waals surface area contributed by atoms with Gasteiger partial charge >= 0.3 is 0 Å². The van der Waals surface area contributed by atoms with E-state index in [0.29, 0.717) is 6.54 Å². The molecule has 1 amide bonds. The fraction of sp³-hybridized carbons (Fsp3) is 0.316. The quantitative estimate of drug-likeness (QED) is 0.913. The molecule has 4 heteroatoms. The van der Waals surface area contributed by atoms with Gasteiger partial charge in [0, 0.05) is 31.0 Å². The van der Waals surface area contributed by atoms with Gasteiger partial charge in [0.15, 0.2) is 0 Å². The number of carbonyl (C=O) groups excluding carboxylic acids is 1. The Morgan fingerprint density at radius 1 is 1.22 bits per heavy atom. The zero-order chi connectivity index (χ0) is 16.1. The van der Waals surface area contributed by atoms with E-state index in [1.807, 2.05) is 30.3 Å². The average Bonchev–Trinajstić information content (AvgIpc) is 2.77. The Labute approximate surface area is 137 Å². The van der Waals surface area contributed by atoms with E-state index in [1.165, 1.54) is 11.1 Å². The lowest BCUT2D eigenvalue weighted by atomic mass is 10.1. The number of para-hydroxylation sites is 1. The van der Waals surface area contributed by atoms with Crippen LogP contribution in [0.25, 0.3) is 0 Å². The standard InChI is InChI=1S/C19H23N3O/c1-2-15-6-5-8-17(12-15)21-19(23)14-22-11-10-20-13-16-7-3-4-9-18(16)22/h3-9,12,20H,2,10-11,13-14H2,1H3,(H,21,23). The van der Waals surface area contributed by atoms with Crippen LogP contribution >= 0.6 is 0 Å². The van der Waals surface area contributed by atoms with E-state index in [1.54, 1.807) is 0 Å². The van der Waals surface area contributed by atoms with E-state index in [4.69, 9.17) is 0 Å². The van der Waals surface area contributed by atoms with E-state index in [0.717, 1.165) is 37.4 Å². The summed E-state index contributed by atoms with van der Waals surface area (Å²) < 4.78 is 0. The predicted octanol–water partition coefficient (Wildman–Crippen LogP) is 2.80. The molecule has 0 bridgehead atoms. The van der Waals surface area contributed by atoms with Crippen LogP contribution in [0.2, 0.25) is 0 Å². The molecule has 0 saturated heterocycles. The van der Waals surface area contributed by atoms with Crippen LogP contribution < -0.4 is 15.5 Å². The van der Waals surface area contributed by atoms with Gasteiger partial charge in [0.2, 0.25) is 5.91 Å². The lowest BCUT2D eigenvalue weighted by Crippen LogP contribution is -2.36. The Kier molecular flexibility index (Phi) is 4.93. The predicted molar refractivity (Wildman–Crippen MR) is 94.8 cm³/mol. The highest BCUT2D eigenvalue weighted by molar-refractivity contribution is 5.94. The van der Waals surface area contributed by atoms with Crippen molar-refractivity contribution < 1.29 is 4.79 Å². The van der Waals surface area contributed by atoms with Crippen LogP contribution in [0.4, 0.5) is 11.4 Å². The van der Waals surface area contributed by atoms with E-state index in [-0.39, 0.29) is 5.91 Å². The zero-order valence-corrected chi connectivity index (χ0v) is 13.5. The summed E-state index contributed by atoms with van der Waals surface area (Å²) in [6.07, 6.45) is 0.967. The second kappa shape index (κ2) is 7.29. The van der Waals surface area contributed by atoms with Crippen molar-refractivity contribution in [1.29, 1.82) is 0 Å². The molecular formula is C19H23N3O. The second-order valence-electron chi connectivity index (χ2n) is 5.83. The van der Waals surface area contributed by atoms with Gasteiger partial charge in [-0.15, -0.1) is 0 Å². The number of fused-ring (bicyclic) bond motifs is 1. The Hall–Kier alpha value is -2.33. The van der Waals surface area contributed by atoms with Crippen LogP contribution in [0.3, 0.4) is 0 Å². The monoisotopic (exact) mass is 309 g/mol. The van der Waals surface area contributed by atoms with Gasteiger partial charge < -0.3 is 15.5 Å². The number of nitrogens with one attached hydrogen (secondary N) is 2. The largest absolute Gasteiger partial charge is 0.361 e. The SMILES string of the molecule is CCc1cccc(NC(=O)CN2CCNCc3ccccc32)c1. The number of aryl methyl sites for hydroxylation is 1. The molecule has 1 aliphatic rings.